The van der Waals surface area contributed by atoms with Crippen LogP contribution in [0.15, 0.2) is 0 Å². The Morgan fingerprint density at radius 2 is 2.17 bits per heavy atom. The third-order valence-corrected chi connectivity index (χ3v) is 0.167. The average Bonchev–Trinajstić information content (AvgIpc) is 1.41. The normalized spacial score (nSPS) is 5.33. The van der Waals surface area contributed by atoms with Crippen LogP contribution in [0.2, 0.25) is 0 Å². The molecule has 0 fully saturated rings. The zero-order valence-electron chi connectivity index (χ0n) is 2.92. The van der Waals surface area contributed by atoms with Crippen LogP contribution in [0.25, 0.3) is 0 Å². The minimum absolute atomic E-state index is 0. The van der Waals surface area contributed by atoms with Crippen molar-refractivity contribution in [2.75, 3.05) is 0 Å². The molecular weight excluding hydrogens is 127 g/mol. The Morgan fingerprint density at radius 1 is 1.67 bits per heavy atom. The molecule has 0 aliphatic rings. The molecule has 0 amide bonds. The summed E-state index contributed by atoms with van der Waals surface area (Å²) >= 11 is 0. The maximum atomic E-state index is 9.14. The summed E-state index contributed by atoms with van der Waals surface area (Å²) in [6.07, 6.45) is 1.81. The van der Waals surface area contributed by atoms with Crippen LogP contribution in [0.3, 0.4) is 0 Å². The van der Waals surface area contributed by atoms with Crippen LogP contribution in [0.5, 0.6) is 0 Å². The number of rotatable bonds is 2. The van der Waals surface area contributed by atoms with Crippen molar-refractivity contribution in [2.45, 2.75) is 6.42 Å². The Balaban J connectivity index is 0. The van der Waals surface area contributed by atoms with Crippen molar-refractivity contribution in [3.63, 3.8) is 0 Å². The van der Waals surface area contributed by atoms with E-state index in [0.29, 0.717) is 6.29 Å². The van der Waals surface area contributed by atoms with E-state index in [2.05, 4.69) is 0 Å². The first-order valence-electron chi connectivity index (χ1n) is 1.20. The van der Waals surface area contributed by atoms with Crippen LogP contribution >= 0.6 is 0 Å². The van der Waals surface area contributed by atoms with Crippen LogP contribution in [0, 0.1) is 0 Å². The minimum atomic E-state index is -0.0972. The molecule has 1 radical (unpaired) electrons. The smallest absolute Gasteiger partial charge is 0.205 e. The molecule has 0 spiro atoms. The molecule has 0 unspecified atom stereocenters. The van der Waals surface area contributed by atoms with E-state index in [1.54, 1.807) is 0 Å². The fraction of sp³-hybridized carbons (Fsp3) is 0.333. The van der Waals surface area contributed by atoms with Gasteiger partial charge in [0.15, 0.2) is 0 Å². The Hall–Kier alpha value is -0.166. The molecule has 3 heteroatoms. The van der Waals surface area contributed by atoms with Gasteiger partial charge in [-0.3, -0.25) is 4.79 Å². The van der Waals surface area contributed by atoms with Crippen LogP contribution in [-0.2, 0) is 26.1 Å². The van der Waals surface area contributed by atoms with Gasteiger partial charge in [-0.2, -0.15) is 0 Å². The van der Waals surface area contributed by atoms with Crippen molar-refractivity contribution in [2.24, 2.45) is 0 Å². The molecule has 0 rings (SSSR count). The third kappa shape index (κ3) is 9.16. The summed E-state index contributed by atoms with van der Waals surface area (Å²) < 4.78 is 0. The summed E-state index contributed by atoms with van der Waals surface area (Å²) in [4.78, 5) is 18.2. The molecule has 2 nitrogen and oxygen atoms in total. The molecular formula is C3H3NiO2. The van der Waals surface area contributed by atoms with Gasteiger partial charge in [0.1, 0.15) is 6.29 Å². The van der Waals surface area contributed by atoms with Gasteiger partial charge in [0.2, 0.25) is 6.29 Å². The fourth-order valence-electron chi connectivity index (χ4n) is 0.0340. The topological polar surface area (TPSA) is 34.1 Å². The predicted octanol–water partition coefficient (Wildman–Crippen LogP) is -0.317. The monoisotopic (exact) mass is 129 g/mol. The van der Waals surface area contributed by atoms with Gasteiger partial charge in [-0.25, -0.2) is 0 Å². The molecule has 0 bridgehead atoms. The number of hydrogen-bond acceptors (Lipinski definition) is 2. The molecule has 0 aliphatic carbocycles. The van der Waals surface area contributed by atoms with E-state index in [1.165, 1.54) is 6.29 Å². The van der Waals surface area contributed by atoms with E-state index in [9.17, 15) is 0 Å². The zero-order valence-corrected chi connectivity index (χ0v) is 3.90. The van der Waals surface area contributed by atoms with Crippen LogP contribution in [-0.4, -0.2) is 12.6 Å². The van der Waals surface area contributed by atoms with Gasteiger partial charge in [0.05, 0.1) is 6.42 Å². The van der Waals surface area contributed by atoms with Crippen molar-refractivity contribution < 1.29 is 26.1 Å². The second-order valence-electron chi connectivity index (χ2n) is 0.515. The summed E-state index contributed by atoms with van der Waals surface area (Å²) in [7, 11) is 0. The molecule has 0 heterocycles. The summed E-state index contributed by atoms with van der Waals surface area (Å²) in [6.45, 7) is 0. The largest absolute Gasteiger partial charge is 0.303 e. The predicted molar refractivity (Wildman–Crippen MR) is 16.4 cm³/mol. The van der Waals surface area contributed by atoms with Crippen molar-refractivity contribution in [1.29, 1.82) is 0 Å². The summed E-state index contributed by atoms with van der Waals surface area (Å²) in [5, 5.41) is 0. The maximum absolute atomic E-state index is 9.14. The van der Waals surface area contributed by atoms with Gasteiger partial charge in [0, 0.05) is 16.5 Å². The SMILES string of the molecule is O=[C]CC=O.[Ni]. The van der Waals surface area contributed by atoms with Gasteiger partial charge in [0.25, 0.3) is 0 Å². The van der Waals surface area contributed by atoms with E-state index >= 15 is 0 Å². The van der Waals surface area contributed by atoms with Crippen LogP contribution in [0.1, 0.15) is 6.42 Å². The second kappa shape index (κ2) is 8.85. The number of carbonyl (C=O) groups excluding carboxylic acids is 2. The van der Waals surface area contributed by atoms with Gasteiger partial charge < -0.3 is 4.79 Å². The Bertz CT molecular complexity index is 38.1. The van der Waals surface area contributed by atoms with Crippen molar-refractivity contribution in [3.8, 4) is 0 Å². The first-order chi connectivity index (χ1) is 2.41. The Kier molecular flexibility index (Phi) is 13.7. The molecule has 0 aromatic heterocycles. The molecule has 0 aromatic rings. The van der Waals surface area contributed by atoms with Crippen LogP contribution < -0.4 is 0 Å². The molecule has 0 aliphatic heterocycles. The fourth-order valence-corrected chi connectivity index (χ4v) is 0.0340. The van der Waals surface area contributed by atoms with E-state index in [0.717, 1.165) is 0 Å². The summed E-state index contributed by atoms with van der Waals surface area (Å²) in [5.41, 5.74) is 0. The zero-order chi connectivity index (χ0) is 4.12. The quantitative estimate of drug-likeness (QED) is 0.291. The molecule has 0 aromatic carbocycles. The molecule has 0 saturated carbocycles. The number of hydrogen-bond donors (Lipinski definition) is 0. The van der Waals surface area contributed by atoms with Crippen molar-refractivity contribution in [3.05, 3.63) is 0 Å². The molecule has 0 atom stereocenters. The van der Waals surface area contributed by atoms with Gasteiger partial charge in [-0.05, 0) is 0 Å². The summed E-state index contributed by atoms with van der Waals surface area (Å²) in [6, 6.07) is 0. The van der Waals surface area contributed by atoms with E-state index < -0.39 is 0 Å². The second-order valence-corrected chi connectivity index (χ2v) is 0.515. The van der Waals surface area contributed by atoms with Gasteiger partial charge >= 0.3 is 0 Å². The first-order valence-corrected chi connectivity index (χ1v) is 1.20. The third-order valence-electron chi connectivity index (χ3n) is 0.167. The molecule has 37 valence electrons. The molecule has 0 N–H and O–H groups in total. The first kappa shape index (κ1) is 9.27. The van der Waals surface area contributed by atoms with E-state index in [1.807, 2.05) is 0 Å². The maximum Gasteiger partial charge on any atom is 0.205 e. The van der Waals surface area contributed by atoms with Crippen molar-refractivity contribution in [1.82, 2.24) is 0 Å². The van der Waals surface area contributed by atoms with E-state index in [4.69, 9.17) is 9.59 Å². The Labute approximate surface area is 45.8 Å². The van der Waals surface area contributed by atoms with Crippen LogP contribution in [0.4, 0.5) is 0 Å². The van der Waals surface area contributed by atoms with E-state index in [-0.39, 0.29) is 22.9 Å². The van der Waals surface area contributed by atoms with Gasteiger partial charge in [-0.15, -0.1) is 0 Å². The standard InChI is InChI=1S/C3H3O2.Ni/c4-2-1-3-5;/h2H,1H2;. The molecule has 6 heavy (non-hydrogen) atoms. The number of carbonyl (C=O) groups is 1. The van der Waals surface area contributed by atoms with Gasteiger partial charge in [-0.1, -0.05) is 0 Å². The number of aldehydes is 1. The van der Waals surface area contributed by atoms with Crippen molar-refractivity contribution >= 4 is 12.6 Å². The minimum Gasteiger partial charge on any atom is -0.303 e. The Morgan fingerprint density at radius 3 is 2.17 bits per heavy atom. The molecule has 0 saturated heterocycles. The average molecular weight is 130 g/mol. The summed E-state index contributed by atoms with van der Waals surface area (Å²) in [5.74, 6) is 0.